The summed E-state index contributed by atoms with van der Waals surface area (Å²) >= 11 is 0. The lowest BCUT2D eigenvalue weighted by atomic mass is 10.1. The van der Waals surface area contributed by atoms with Gasteiger partial charge in [-0.25, -0.2) is 4.79 Å². The molecule has 13 heavy (non-hydrogen) atoms. The summed E-state index contributed by atoms with van der Waals surface area (Å²) in [5, 5.41) is 9.19. The van der Waals surface area contributed by atoms with E-state index in [1.165, 1.54) is 6.92 Å². The lowest BCUT2D eigenvalue weighted by molar-refractivity contribution is -0.135. The van der Waals surface area contributed by atoms with Gasteiger partial charge in [0, 0.05) is 6.54 Å². The van der Waals surface area contributed by atoms with Gasteiger partial charge in [0.15, 0.2) is 0 Å². The third kappa shape index (κ3) is 2.08. The molecule has 1 fully saturated rings. The van der Waals surface area contributed by atoms with E-state index in [4.69, 9.17) is 4.74 Å². The van der Waals surface area contributed by atoms with E-state index in [1.54, 1.807) is 0 Å². The molecular formula is C9H13NO3. The lowest BCUT2D eigenvalue weighted by Gasteiger charge is -1.96. The minimum absolute atomic E-state index is 0.0163. The van der Waals surface area contributed by atoms with Crippen LogP contribution in [0.2, 0.25) is 0 Å². The Balaban J connectivity index is 2.89. The highest BCUT2D eigenvalue weighted by molar-refractivity contribution is 6.24. The Hall–Kier alpha value is -1.32. The molecule has 0 radical (unpaired) electrons. The smallest absolute Gasteiger partial charge is 0.343 e. The first-order valence-corrected chi connectivity index (χ1v) is 4.27. The van der Waals surface area contributed by atoms with Gasteiger partial charge in [-0.15, -0.1) is 0 Å². The summed E-state index contributed by atoms with van der Waals surface area (Å²) in [7, 11) is 0. The second-order valence-corrected chi connectivity index (χ2v) is 2.86. The van der Waals surface area contributed by atoms with Crippen molar-refractivity contribution in [3.63, 3.8) is 0 Å². The molecule has 0 aromatic carbocycles. The Labute approximate surface area is 76.9 Å². The summed E-state index contributed by atoms with van der Waals surface area (Å²) in [6.45, 7) is 4.30. The fourth-order valence-electron chi connectivity index (χ4n) is 1.12. The van der Waals surface area contributed by atoms with Crippen molar-refractivity contribution in [3.05, 3.63) is 11.3 Å². The minimum Gasteiger partial charge on any atom is -0.512 e. The fourth-order valence-corrected chi connectivity index (χ4v) is 1.12. The molecule has 0 aromatic rings. The number of ether oxygens (including phenoxy) is 1. The van der Waals surface area contributed by atoms with Crippen LogP contribution in [-0.4, -0.2) is 29.9 Å². The predicted molar refractivity (Wildman–Crippen MR) is 48.9 cm³/mol. The monoisotopic (exact) mass is 183 g/mol. The summed E-state index contributed by atoms with van der Waals surface area (Å²) in [4.78, 5) is 15.2. The number of carbonyl (C=O) groups excluding carboxylic acids is 1. The molecule has 0 bridgehead atoms. The number of nitrogens with zero attached hydrogens (tertiary/aromatic N) is 1. The maximum atomic E-state index is 11.1. The van der Waals surface area contributed by atoms with Gasteiger partial charge < -0.3 is 9.84 Å². The fraction of sp³-hybridized carbons (Fsp3) is 0.556. The molecule has 0 unspecified atom stereocenters. The predicted octanol–water partition coefficient (Wildman–Crippen LogP) is 1.23. The molecule has 1 rings (SSSR count). The molecule has 1 aliphatic heterocycles. The van der Waals surface area contributed by atoms with E-state index < -0.39 is 5.97 Å². The minimum atomic E-state index is -0.477. The SMILES string of the molecule is CCCN=C1COC(=O)/C1=C(\C)O. The number of cyclic esters (lactones) is 1. The number of allylic oxidation sites excluding steroid dienone is 1. The van der Waals surface area contributed by atoms with Crippen LogP contribution in [0.3, 0.4) is 0 Å². The normalized spacial score (nSPS) is 23.5. The molecular weight excluding hydrogens is 170 g/mol. The Morgan fingerprint density at radius 3 is 2.92 bits per heavy atom. The largest absolute Gasteiger partial charge is 0.512 e. The first kappa shape index (κ1) is 9.77. The van der Waals surface area contributed by atoms with Crippen LogP contribution < -0.4 is 0 Å². The molecule has 0 aliphatic carbocycles. The van der Waals surface area contributed by atoms with Crippen molar-refractivity contribution < 1.29 is 14.6 Å². The van der Waals surface area contributed by atoms with Crippen LogP contribution in [0.25, 0.3) is 0 Å². The summed E-state index contributed by atoms with van der Waals surface area (Å²) in [5.41, 5.74) is 0.792. The Kier molecular flexibility index (Phi) is 3.06. The molecule has 1 N–H and O–H groups in total. The second kappa shape index (κ2) is 4.07. The zero-order chi connectivity index (χ0) is 9.84. The molecule has 1 saturated heterocycles. The van der Waals surface area contributed by atoms with Gasteiger partial charge in [-0.2, -0.15) is 0 Å². The van der Waals surface area contributed by atoms with Gasteiger partial charge >= 0.3 is 5.97 Å². The van der Waals surface area contributed by atoms with Crippen LogP contribution in [-0.2, 0) is 9.53 Å². The van der Waals surface area contributed by atoms with Crippen molar-refractivity contribution in [2.24, 2.45) is 4.99 Å². The van der Waals surface area contributed by atoms with Crippen LogP contribution in [0.5, 0.6) is 0 Å². The van der Waals surface area contributed by atoms with Crippen molar-refractivity contribution in [3.8, 4) is 0 Å². The summed E-state index contributed by atoms with van der Waals surface area (Å²) < 4.78 is 4.75. The van der Waals surface area contributed by atoms with E-state index in [-0.39, 0.29) is 17.9 Å². The number of hydrogen-bond acceptors (Lipinski definition) is 4. The zero-order valence-electron chi connectivity index (χ0n) is 7.83. The average molecular weight is 183 g/mol. The van der Waals surface area contributed by atoms with Gasteiger partial charge in [-0.3, -0.25) is 4.99 Å². The molecule has 0 amide bonds. The number of rotatable bonds is 2. The molecule has 1 aliphatic rings. The second-order valence-electron chi connectivity index (χ2n) is 2.86. The van der Waals surface area contributed by atoms with Gasteiger partial charge in [-0.05, 0) is 13.3 Å². The van der Waals surface area contributed by atoms with Gasteiger partial charge in [0.05, 0.1) is 5.71 Å². The Bertz CT molecular complexity index is 275. The lowest BCUT2D eigenvalue weighted by Crippen LogP contribution is -2.05. The highest BCUT2D eigenvalue weighted by atomic mass is 16.5. The Morgan fingerprint density at radius 1 is 1.69 bits per heavy atom. The summed E-state index contributed by atoms with van der Waals surface area (Å²) in [6.07, 6.45) is 0.912. The van der Waals surface area contributed by atoms with Gasteiger partial charge in [-0.1, -0.05) is 6.92 Å². The third-order valence-corrected chi connectivity index (χ3v) is 1.72. The standard InChI is InChI=1S/C9H13NO3/c1-3-4-10-7-5-13-9(12)8(7)6(2)11/h11H,3-5H2,1-2H3/b8-6+,10-7?. The van der Waals surface area contributed by atoms with E-state index in [9.17, 15) is 9.90 Å². The van der Waals surface area contributed by atoms with Crippen LogP contribution in [0.1, 0.15) is 20.3 Å². The first-order valence-electron chi connectivity index (χ1n) is 4.27. The first-order chi connectivity index (χ1) is 6.16. The summed E-state index contributed by atoms with van der Waals surface area (Å²) in [6, 6.07) is 0. The van der Waals surface area contributed by atoms with E-state index in [0.29, 0.717) is 12.3 Å². The van der Waals surface area contributed by atoms with Crippen molar-refractivity contribution in [2.75, 3.05) is 13.2 Å². The van der Waals surface area contributed by atoms with Gasteiger partial charge in [0.1, 0.15) is 17.9 Å². The van der Waals surface area contributed by atoms with Gasteiger partial charge in [0.2, 0.25) is 0 Å². The molecule has 1 heterocycles. The van der Waals surface area contributed by atoms with Crippen LogP contribution in [0.15, 0.2) is 16.3 Å². The molecule has 4 heteroatoms. The Morgan fingerprint density at radius 2 is 2.38 bits per heavy atom. The van der Waals surface area contributed by atoms with Crippen LogP contribution in [0, 0.1) is 0 Å². The molecule has 0 spiro atoms. The maximum Gasteiger partial charge on any atom is 0.343 e. The van der Waals surface area contributed by atoms with Crippen molar-refractivity contribution >= 4 is 11.7 Å². The molecule has 0 atom stereocenters. The molecule has 4 nitrogen and oxygen atoms in total. The van der Waals surface area contributed by atoms with Gasteiger partial charge in [0.25, 0.3) is 0 Å². The summed E-state index contributed by atoms with van der Waals surface area (Å²) in [5.74, 6) is -0.493. The quantitative estimate of drug-likeness (QED) is 0.398. The number of hydrogen-bond donors (Lipinski definition) is 1. The van der Waals surface area contributed by atoms with Crippen molar-refractivity contribution in [1.29, 1.82) is 0 Å². The topological polar surface area (TPSA) is 58.9 Å². The van der Waals surface area contributed by atoms with E-state index in [2.05, 4.69) is 4.99 Å². The van der Waals surface area contributed by atoms with Crippen LogP contribution in [0.4, 0.5) is 0 Å². The average Bonchev–Trinajstić information content (AvgIpc) is 2.43. The third-order valence-electron chi connectivity index (χ3n) is 1.72. The molecule has 72 valence electrons. The number of aliphatic imine (C=N–C) groups is 1. The number of esters is 1. The number of aliphatic hydroxyl groups is 1. The molecule has 0 saturated carbocycles. The van der Waals surface area contributed by atoms with Crippen LogP contribution >= 0.6 is 0 Å². The van der Waals surface area contributed by atoms with E-state index >= 15 is 0 Å². The number of aliphatic hydroxyl groups excluding tert-OH is 1. The number of carbonyl (C=O) groups is 1. The molecule has 0 aromatic heterocycles. The highest BCUT2D eigenvalue weighted by Crippen LogP contribution is 2.14. The van der Waals surface area contributed by atoms with Crippen molar-refractivity contribution in [2.45, 2.75) is 20.3 Å². The maximum absolute atomic E-state index is 11.1. The highest BCUT2D eigenvalue weighted by Gasteiger charge is 2.28. The zero-order valence-corrected chi connectivity index (χ0v) is 7.83. The van der Waals surface area contributed by atoms with E-state index in [1.807, 2.05) is 6.92 Å². The van der Waals surface area contributed by atoms with E-state index in [0.717, 1.165) is 6.42 Å². The van der Waals surface area contributed by atoms with Crippen molar-refractivity contribution in [1.82, 2.24) is 0 Å².